The first-order valence-electron chi connectivity index (χ1n) is 7.17. The number of unbranched alkanes of at least 4 members (excludes halogenated alkanes) is 2. The molecule has 1 aliphatic heterocycles. The molecule has 0 bridgehead atoms. The van der Waals surface area contributed by atoms with Gasteiger partial charge in [-0.3, -0.25) is 14.9 Å². The minimum absolute atomic E-state index is 0.0547. The van der Waals surface area contributed by atoms with Gasteiger partial charge in [-0.1, -0.05) is 24.6 Å². The van der Waals surface area contributed by atoms with Crippen molar-refractivity contribution < 1.29 is 9.72 Å². The van der Waals surface area contributed by atoms with Crippen molar-refractivity contribution in [2.75, 3.05) is 11.9 Å². The summed E-state index contributed by atoms with van der Waals surface area (Å²) in [4.78, 5) is 22.2. The second kappa shape index (κ2) is 4.89. The number of carbonyl (C=O) groups is 1. The summed E-state index contributed by atoms with van der Waals surface area (Å²) < 4.78 is 0. The standard InChI is InChI=1S/C15H18N2O3/c18-14-15(12-7-3-4-8-13(12)16-14)10-11(15)6-2-1-5-9-17(19)20/h3-4,7-8,11H,1-2,5-6,9-10H2,(H,16,18). The van der Waals surface area contributed by atoms with Crippen molar-refractivity contribution >= 4 is 11.6 Å². The Bertz CT molecular complexity index is 558. The summed E-state index contributed by atoms with van der Waals surface area (Å²) in [7, 11) is 0. The molecule has 1 saturated carbocycles. The lowest BCUT2D eigenvalue weighted by Gasteiger charge is -2.08. The van der Waals surface area contributed by atoms with Crippen molar-refractivity contribution in [1.29, 1.82) is 0 Å². The van der Waals surface area contributed by atoms with Gasteiger partial charge in [-0.05, 0) is 36.8 Å². The van der Waals surface area contributed by atoms with Crippen LogP contribution in [-0.2, 0) is 10.2 Å². The van der Waals surface area contributed by atoms with Gasteiger partial charge in [-0.2, -0.15) is 0 Å². The monoisotopic (exact) mass is 274 g/mol. The number of nitrogens with zero attached hydrogens (tertiary/aromatic N) is 1. The fraction of sp³-hybridized carbons (Fsp3) is 0.533. The van der Waals surface area contributed by atoms with Gasteiger partial charge in [0.05, 0.1) is 5.41 Å². The molecule has 2 unspecified atom stereocenters. The van der Waals surface area contributed by atoms with Gasteiger partial charge in [-0.25, -0.2) is 0 Å². The van der Waals surface area contributed by atoms with Crippen LogP contribution in [0.3, 0.4) is 0 Å². The van der Waals surface area contributed by atoms with E-state index in [0.29, 0.717) is 12.3 Å². The van der Waals surface area contributed by atoms with Gasteiger partial charge in [-0.15, -0.1) is 0 Å². The van der Waals surface area contributed by atoms with Crippen LogP contribution < -0.4 is 5.32 Å². The van der Waals surface area contributed by atoms with E-state index in [0.717, 1.165) is 36.9 Å². The second-order valence-electron chi connectivity index (χ2n) is 5.78. The molecule has 0 radical (unpaired) electrons. The molecular formula is C15H18N2O3. The number of rotatable bonds is 6. The Labute approximate surface area is 117 Å². The molecule has 3 rings (SSSR count). The lowest BCUT2D eigenvalue weighted by molar-refractivity contribution is -0.480. The molecule has 1 aliphatic carbocycles. The van der Waals surface area contributed by atoms with Crippen molar-refractivity contribution in [2.24, 2.45) is 5.92 Å². The number of anilines is 1. The summed E-state index contributed by atoms with van der Waals surface area (Å²) in [6.07, 6.45) is 4.38. The summed E-state index contributed by atoms with van der Waals surface area (Å²) in [5, 5.41) is 13.2. The minimum atomic E-state index is -0.292. The molecule has 1 heterocycles. The van der Waals surface area contributed by atoms with Gasteiger partial charge >= 0.3 is 0 Å². The molecule has 5 heteroatoms. The van der Waals surface area contributed by atoms with Crippen LogP contribution in [0.15, 0.2) is 24.3 Å². The number of nitrogens with one attached hydrogen (secondary N) is 1. The van der Waals surface area contributed by atoms with E-state index in [-0.39, 0.29) is 22.8 Å². The zero-order valence-corrected chi connectivity index (χ0v) is 11.3. The molecule has 1 fully saturated rings. The average molecular weight is 274 g/mol. The van der Waals surface area contributed by atoms with Gasteiger partial charge in [0.2, 0.25) is 12.5 Å². The first kappa shape index (κ1) is 13.1. The van der Waals surface area contributed by atoms with Crippen LogP contribution in [0.4, 0.5) is 5.69 Å². The zero-order valence-electron chi connectivity index (χ0n) is 11.3. The third kappa shape index (κ3) is 2.07. The highest BCUT2D eigenvalue weighted by molar-refractivity contribution is 6.08. The number of para-hydroxylation sites is 1. The maximum absolute atomic E-state index is 12.2. The fourth-order valence-electron chi connectivity index (χ4n) is 3.43. The van der Waals surface area contributed by atoms with Crippen LogP contribution >= 0.6 is 0 Å². The molecular weight excluding hydrogens is 256 g/mol. The van der Waals surface area contributed by atoms with Crippen LogP contribution in [-0.4, -0.2) is 17.4 Å². The predicted molar refractivity (Wildman–Crippen MR) is 75.2 cm³/mol. The van der Waals surface area contributed by atoms with Crippen LogP contribution in [0.5, 0.6) is 0 Å². The molecule has 20 heavy (non-hydrogen) atoms. The molecule has 2 aliphatic rings. The van der Waals surface area contributed by atoms with E-state index in [1.54, 1.807) is 0 Å². The Morgan fingerprint density at radius 3 is 2.90 bits per heavy atom. The summed E-state index contributed by atoms with van der Waals surface area (Å²) in [5.74, 6) is 0.538. The quantitative estimate of drug-likeness (QED) is 0.492. The third-order valence-electron chi connectivity index (χ3n) is 4.56. The molecule has 5 nitrogen and oxygen atoms in total. The maximum Gasteiger partial charge on any atom is 0.235 e. The van der Waals surface area contributed by atoms with Gasteiger partial charge in [0.25, 0.3) is 0 Å². The molecule has 2 atom stereocenters. The van der Waals surface area contributed by atoms with Crippen LogP contribution in [0, 0.1) is 16.0 Å². The Morgan fingerprint density at radius 1 is 1.30 bits per heavy atom. The molecule has 1 aromatic rings. The molecule has 1 amide bonds. The first-order chi connectivity index (χ1) is 9.64. The number of fused-ring (bicyclic) bond motifs is 2. The lowest BCUT2D eigenvalue weighted by atomic mass is 9.93. The van der Waals surface area contributed by atoms with Crippen molar-refractivity contribution in [3.63, 3.8) is 0 Å². The minimum Gasteiger partial charge on any atom is -0.325 e. The molecule has 0 saturated heterocycles. The van der Waals surface area contributed by atoms with Gasteiger partial charge in [0.1, 0.15) is 0 Å². The van der Waals surface area contributed by atoms with E-state index in [1.807, 2.05) is 24.3 Å². The largest absolute Gasteiger partial charge is 0.325 e. The molecule has 1 N–H and O–H groups in total. The zero-order chi connectivity index (χ0) is 14.2. The van der Waals surface area contributed by atoms with Crippen LogP contribution in [0.25, 0.3) is 0 Å². The highest BCUT2D eigenvalue weighted by Crippen LogP contribution is 2.61. The van der Waals surface area contributed by atoms with E-state index >= 15 is 0 Å². The van der Waals surface area contributed by atoms with Crippen molar-refractivity contribution in [1.82, 2.24) is 0 Å². The fourth-order valence-corrected chi connectivity index (χ4v) is 3.43. The number of hydrogen-bond acceptors (Lipinski definition) is 3. The topological polar surface area (TPSA) is 72.2 Å². The normalized spacial score (nSPS) is 26.4. The summed E-state index contributed by atoms with van der Waals surface area (Å²) >= 11 is 0. The van der Waals surface area contributed by atoms with Crippen LogP contribution in [0.2, 0.25) is 0 Å². The van der Waals surface area contributed by atoms with E-state index in [1.165, 1.54) is 0 Å². The van der Waals surface area contributed by atoms with E-state index in [4.69, 9.17) is 0 Å². The second-order valence-corrected chi connectivity index (χ2v) is 5.78. The summed E-state index contributed by atoms with van der Waals surface area (Å²) in [6.45, 7) is 0.0547. The summed E-state index contributed by atoms with van der Waals surface area (Å²) in [6, 6.07) is 7.91. The molecule has 0 aromatic heterocycles. The van der Waals surface area contributed by atoms with Crippen molar-refractivity contribution in [2.45, 2.75) is 37.5 Å². The average Bonchev–Trinajstić information content (AvgIpc) is 3.06. The predicted octanol–water partition coefficient (Wildman–Crippen LogP) is 2.73. The Balaban J connectivity index is 1.55. The lowest BCUT2D eigenvalue weighted by Crippen LogP contribution is -2.21. The van der Waals surface area contributed by atoms with E-state index in [9.17, 15) is 14.9 Å². The maximum atomic E-state index is 12.2. The molecule has 1 spiro atoms. The van der Waals surface area contributed by atoms with Gasteiger partial charge < -0.3 is 5.32 Å². The van der Waals surface area contributed by atoms with E-state index in [2.05, 4.69) is 5.32 Å². The molecule has 1 aromatic carbocycles. The first-order valence-corrected chi connectivity index (χ1v) is 7.17. The third-order valence-corrected chi connectivity index (χ3v) is 4.56. The van der Waals surface area contributed by atoms with Crippen LogP contribution in [0.1, 0.15) is 37.7 Å². The number of benzene rings is 1. The van der Waals surface area contributed by atoms with Gasteiger partial charge in [0, 0.05) is 17.0 Å². The number of carbonyl (C=O) groups excluding carboxylic acids is 1. The Kier molecular flexibility index (Phi) is 3.20. The number of hydrogen-bond donors (Lipinski definition) is 1. The highest BCUT2D eigenvalue weighted by atomic mass is 16.6. The number of amides is 1. The number of nitro groups is 1. The van der Waals surface area contributed by atoms with Crippen molar-refractivity contribution in [3.05, 3.63) is 39.9 Å². The van der Waals surface area contributed by atoms with Crippen molar-refractivity contribution in [3.8, 4) is 0 Å². The van der Waals surface area contributed by atoms with E-state index < -0.39 is 0 Å². The Morgan fingerprint density at radius 2 is 2.10 bits per heavy atom. The summed E-state index contributed by atoms with van der Waals surface area (Å²) in [5.41, 5.74) is 1.80. The SMILES string of the molecule is O=C1Nc2ccccc2C12CC2CCCCC[N+](=O)[O-]. The van der Waals surface area contributed by atoms with Gasteiger partial charge in [0.15, 0.2) is 0 Å². The highest BCUT2D eigenvalue weighted by Gasteiger charge is 2.63. The Hall–Kier alpha value is -1.91. The molecule has 106 valence electrons. The smallest absolute Gasteiger partial charge is 0.235 e.